The summed E-state index contributed by atoms with van der Waals surface area (Å²) < 4.78 is 0. The highest BCUT2D eigenvalue weighted by molar-refractivity contribution is 14.0. The Labute approximate surface area is 157 Å². The van der Waals surface area contributed by atoms with E-state index in [1.165, 1.54) is 4.88 Å². The van der Waals surface area contributed by atoms with Crippen LogP contribution in [0.5, 0.6) is 0 Å². The first-order valence-electron chi connectivity index (χ1n) is 6.71. The standard InChI is InChI=1S/C15H19ClN4S.HI/c1-10-14(21-11(2)20-10)9-19-15(17-3)18-8-12-6-4-5-7-13(12)16;/h4-7H,8-9H2,1-3H3,(H2,17,18,19);1H. The molecule has 0 unspecified atom stereocenters. The minimum Gasteiger partial charge on any atom is -0.352 e. The maximum atomic E-state index is 6.14. The smallest absolute Gasteiger partial charge is 0.191 e. The second-order valence-corrected chi connectivity index (χ2v) is 6.31. The van der Waals surface area contributed by atoms with Crippen molar-refractivity contribution in [3.05, 3.63) is 50.4 Å². The second kappa shape index (κ2) is 9.32. The molecule has 0 aliphatic heterocycles. The Hall–Kier alpha value is -0.860. The molecule has 2 N–H and O–H groups in total. The van der Waals surface area contributed by atoms with E-state index in [0.717, 1.165) is 33.8 Å². The summed E-state index contributed by atoms with van der Waals surface area (Å²) in [7, 11) is 1.76. The molecule has 0 aliphatic carbocycles. The number of aryl methyl sites for hydroxylation is 2. The molecule has 2 rings (SSSR count). The van der Waals surface area contributed by atoms with Crippen molar-refractivity contribution in [1.29, 1.82) is 0 Å². The molecule has 1 heterocycles. The largest absolute Gasteiger partial charge is 0.352 e. The maximum Gasteiger partial charge on any atom is 0.191 e. The molecule has 1 aromatic carbocycles. The first-order valence-corrected chi connectivity index (χ1v) is 7.90. The van der Waals surface area contributed by atoms with E-state index >= 15 is 0 Å². The molecule has 0 atom stereocenters. The van der Waals surface area contributed by atoms with E-state index in [1.54, 1.807) is 18.4 Å². The number of halogens is 2. The maximum absolute atomic E-state index is 6.14. The molecule has 2 aromatic rings. The van der Waals surface area contributed by atoms with Crippen molar-refractivity contribution >= 4 is 52.9 Å². The van der Waals surface area contributed by atoms with Gasteiger partial charge in [-0.2, -0.15) is 0 Å². The fourth-order valence-electron chi connectivity index (χ4n) is 1.94. The summed E-state index contributed by atoms with van der Waals surface area (Å²) in [4.78, 5) is 9.87. The first kappa shape index (κ1) is 19.2. The molecule has 120 valence electrons. The molecule has 0 amide bonds. The van der Waals surface area contributed by atoms with Gasteiger partial charge in [-0.25, -0.2) is 4.98 Å². The number of rotatable bonds is 4. The fraction of sp³-hybridized carbons (Fsp3) is 0.333. The minimum absolute atomic E-state index is 0. The van der Waals surface area contributed by atoms with Gasteiger partial charge in [0.1, 0.15) is 0 Å². The molecular weight excluding hydrogens is 431 g/mol. The van der Waals surface area contributed by atoms with Crippen molar-refractivity contribution in [2.24, 2.45) is 4.99 Å². The molecule has 0 bridgehead atoms. The SMILES string of the molecule is CN=C(NCc1ccccc1Cl)NCc1sc(C)nc1C.I. The summed E-state index contributed by atoms with van der Waals surface area (Å²) in [5.41, 5.74) is 2.12. The summed E-state index contributed by atoms with van der Waals surface area (Å²) in [5, 5.41) is 8.40. The number of nitrogens with one attached hydrogen (secondary N) is 2. The van der Waals surface area contributed by atoms with Crippen molar-refractivity contribution < 1.29 is 0 Å². The summed E-state index contributed by atoms with van der Waals surface area (Å²) in [6.07, 6.45) is 0. The molecule has 0 saturated carbocycles. The Bertz CT molecular complexity index is 642. The molecule has 0 aliphatic rings. The molecule has 1 aromatic heterocycles. The van der Waals surface area contributed by atoms with Crippen LogP contribution in [0.25, 0.3) is 0 Å². The van der Waals surface area contributed by atoms with E-state index < -0.39 is 0 Å². The summed E-state index contributed by atoms with van der Waals surface area (Å²) >= 11 is 7.85. The number of thiazole rings is 1. The van der Waals surface area contributed by atoms with Gasteiger partial charge in [-0.3, -0.25) is 4.99 Å². The Kier molecular flexibility index (Phi) is 8.13. The summed E-state index contributed by atoms with van der Waals surface area (Å²) in [6, 6.07) is 7.79. The van der Waals surface area contributed by atoms with Crippen molar-refractivity contribution in [3.63, 3.8) is 0 Å². The number of hydrogen-bond donors (Lipinski definition) is 2. The first-order chi connectivity index (χ1) is 10.1. The van der Waals surface area contributed by atoms with Gasteiger partial charge in [0.2, 0.25) is 0 Å². The molecule has 7 heteroatoms. The lowest BCUT2D eigenvalue weighted by molar-refractivity contribution is 0.811. The van der Waals surface area contributed by atoms with E-state index in [2.05, 4.69) is 20.6 Å². The van der Waals surface area contributed by atoms with Crippen LogP contribution >= 0.6 is 46.9 Å². The summed E-state index contributed by atoms with van der Waals surface area (Å²) in [6.45, 7) is 5.41. The lowest BCUT2D eigenvalue weighted by Crippen LogP contribution is -2.36. The lowest BCUT2D eigenvalue weighted by atomic mass is 10.2. The van der Waals surface area contributed by atoms with E-state index in [4.69, 9.17) is 11.6 Å². The van der Waals surface area contributed by atoms with Crippen molar-refractivity contribution in [3.8, 4) is 0 Å². The zero-order valence-corrected chi connectivity index (χ0v) is 16.7. The Balaban J connectivity index is 0.00000242. The second-order valence-electron chi connectivity index (χ2n) is 4.61. The normalized spacial score (nSPS) is 11.0. The van der Waals surface area contributed by atoms with Crippen LogP contribution in [0, 0.1) is 13.8 Å². The van der Waals surface area contributed by atoms with Gasteiger partial charge in [0.25, 0.3) is 0 Å². The van der Waals surface area contributed by atoms with E-state index in [1.807, 2.05) is 38.1 Å². The van der Waals surface area contributed by atoms with Crippen LogP contribution in [0.2, 0.25) is 5.02 Å². The van der Waals surface area contributed by atoms with Crippen LogP contribution in [0.1, 0.15) is 21.1 Å². The highest BCUT2D eigenvalue weighted by Crippen LogP contribution is 2.16. The Morgan fingerprint density at radius 1 is 1.23 bits per heavy atom. The number of hydrogen-bond acceptors (Lipinski definition) is 3. The number of aliphatic imine (C=N–C) groups is 1. The van der Waals surface area contributed by atoms with Gasteiger partial charge in [-0.1, -0.05) is 29.8 Å². The van der Waals surface area contributed by atoms with Crippen LogP contribution in [0.15, 0.2) is 29.3 Å². The number of guanidine groups is 1. The molecule has 4 nitrogen and oxygen atoms in total. The minimum atomic E-state index is 0. The van der Waals surface area contributed by atoms with Gasteiger partial charge < -0.3 is 10.6 Å². The quantitative estimate of drug-likeness (QED) is 0.422. The van der Waals surface area contributed by atoms with Gasteiger partial charge in [-0.05, 0) is 25.5 Å². The van der Waals surface area contributed by atoms with E-state index in [-0.39, 0.29) is 24.0 Å². The Morgan fingerprint density at radius 3 is 2.50 bits per heavy atom. The average Bonchev–Trinajstić information content (AvgIpc) is 2.79. The average molecular weight is 451 g/mol. The van der Waals surface area contributed by atoms with Gasteiger partial charge in [-0.15, -0.1) is 35.3 Å². The third-order valence-corrected chi connectivity index (χ3v) is 4.49. The van der Waals surface area contributed by atoms with Crippen molar-refractivity contribution in [1.82, 2.24) is 15.6 Å². The van der Waals surface area contributed by atoms with Crippen LogP contribution in [-0.2, 0) is 13.1 Å². The summed E-state index contributed by atoms with van der Waals surface area (Å²) in [5.74, 6) is 0.750. The number of aromatic nitrogens is 1. The lowest BCUT2D eigenvalue weighted by Gasteiger charge is -2.12. The number of benzene rings is 1. The molecule has 22 heavy (non-hydrogen) atoms. The van der Waals surface area contributed by atoms with Crippen LogP contribution in [0.4, 0.5) is 0 Å². The Morgan fingerprint density at radius 2 is 1.91 bits per heavy atom. The van der Waals surface area contributed by atoms with Gasteiger partial charge in [0.15, 0.2) is 5.96 Å². The van der Waals surface area contributed by atoms with Crippen LogP contribution < -0.4 is 10.6 Å². The molecule has 0 saturated heterocycles. The van der Waals surface area contributed by atoms with E-state index in [9.17, 15) is 0 Å². The van der Waals surface area contributed by atoms with Gasteiger partial charge in [0.05, 0.1) is 17.2 Å². The topological polar surface area (TPSA) is 49.3 Å². The molecular formula is C15H20ClIN4S. The van der Waals surface area contributed by atoms with Gasteiger partial charge in [0, 0.05) is 23.5 Å². The highest BCUT2D eigenvalue weighted by Gasteiger charge is 2.06. The molecule has 0 fully saturated rings. The predicted octanol–water partition coefficient (Wildman–Crippen LogP) is 3.90. The van der Waals surface area contributed by atoms with Crippen molar-refractivity contribution in [2.45, 2.75) is 26.9 Å². The van der Waals surface area contributed by atoms with E-state index in [0.29, 0.717) is 6.54 Å². The monoisotopic (exact) mass is 450 g/mol. The zero-order valence-electron chi connectivity index (χ0n) is 12.8. The third-order valence-electron chi connectivity index (χ3n) is 3.04. The third kappa shape index (κ3) is 5.40. The fourth-order valence-corrected chi connectivity index (χ4v) is 3.02. The number of nitrogens with zero attached hydrogens (tertiary/aromatic N) is 2. The zero-order chi connectivity index (χ0) is 15.2. The van der Waals surface area contributed by atoms with Gasteiger partial charge >= 0.3 is 0 Å². The molecule has 0 spiro atoms. The highest BCUT2D eigenvalue weighted by atomic mass is 127. The molecule has 0 radical (unpaired) electrons. The van der Waals surface area contributed by atoms with Crippen LogP contribution in [0.3, 0.4) is 0 Å². The predicted molar refractivity (Wildman–Crippen MR) is 105 cm³/mol. The van der Waals surface area contributed by atoms with Crippen LogP contribution in [-0.4, -0.2) is 18.0 Å². The van der Waals surface area contributed by atoms with Crippen molar-refractivity contribution in [2.75, 3.05) is 7.05 Å².